The summed E-state index contributed by atoms with van der Waals surface area (Å²) in [4.78, 5) is 2.36. The minimum Gasteiger partial charge on any atom is -0.455 e. The molecule has 0 radical (unpaired) electrons. The van der Waals surface area contributed by atoms with E-state index in [-0.39, 0.29) is 0 Å². The SMILES string of the molecule is c1ccc(-n2c3ccccc3c3ccc(N(c4ccccc4-c4cccc5c4oc4ccccc45)c4cccc5c4oc4ccccc45)cc32)cc1. The molecule has 52 heavy (non-hydrogen) atoms. The Hall–Kier alpha value is -7.04. The number of nitrogens with zero attached hydrogens (tertiary/aromatic N) is 2. The van der Waals surface area contributed by atoms with Crippen molar-refractivity contribution in [1.29, 1.82) is 0 Å². The van der Waals surface area contributed by atoms with Gasteiger partial charge in [-0.25, -0.2) is 0 Å². The van der Waals surface area contributed by atoms with E-state index in [2.05, 4.69) is 167 Å². The van der Waals surface area contributed by atoms with Gasteiger partial charge in [0.15, 0.2) is 5.58 Å². The van der Waals surface area contributed by atoms with Crippen LogP contribution in [0.2, 0.25) is 0 Å². The lowest BCUT2D eigenvalue weighted by Gasteiger charge is -2.28. The predicted molar refractivity (Wildman–Crippen MR) is 215 cm³/mol. The van der Waals surface area contributed by atoms with Gasteiger partial charge in [-0.3, -0.25) is 0 Å². The molecule has 11 aromatic rings. The van der Waals surface area contributed by atoms with Gasteiger partial charge in [0.25, 0.3) is 0 Å². The van der Waals surface area contributed by atoms with Crippen LogP contribution in [-0.2, 0) is 0 Å². The van der Waals surface area contributed by atoms with E-state index in [9.17, 15) is 0 Å². The number of fused-ring (bicyclic) bond motifs is 9. The quantitative estimate of drug-likeness (QED) is 0.183. The maximum absolute atomic E-state index is 6.73. The van der Waals surface area contributed by atoms with E-state index in [1.54, 1.807) is 0 Å². The Morgan fingerprint density at radius 2 is 0.923 bits per heavy atom. The molecule has 0 bridgehead atoms. The molecule has 4 nitrogen and oxygen atoms in total. The van der Waals surface area contributed by atoms with Crippen molar-refractivity contribution >= 4 is 82.7 Å². The van der Waals surface area contributed by atoms with E-state index in [1.807, 2.05) is 24.3 Å². The normalized spacial score (nSPS) is 11.8. The van der Waals surface area contributed by atoms with Crippen molar-refractivity contribution in [3.05, 3.63) is 182 Å². The zero-order chi connectivity index (χ0) is 34.2. The second kappa shape index (κ2) is 11.2. The second-order valence-electron chi connectivity index (χ2n) is 13.3. The maximum atomic E-state index is 6.73. The fraction of sp³-hybridized carbons (Fsp3) is 0. The van der Waals surface area contributed by atoms with E-state index in [1.165, 1.54) is 16.3 Å². The van der Waals surface area contributed by atoms with Crippen molar-refractivity contribution in [2.24, 2.45) is 0 Å². The zero-order valence-corrected chi connectivity index (χ0v) is 28.0. The molecule has 11 rings (SSSR count). The Bertz CT molecular complexity index is 3150. The summed E-state index contributed by atoms with van der Waals surface area (Å²) in [7, 11) is 0. The summed E-state index contributed by atoms with van der Waals surface area (Å²) in [6.45, 7) is 0. The Kier molecular flexibility index (Phi) is 6.22. The topological polar surface area (TPSA) is 34.5 Å². The molecule has 0 atom stereocenters. The molecule has 0 aliphatic carbocycles. The molecule has 244 valence electrons. The molecule has 4 heteroatoms. The van der Waals surface area contributed by atoms with Crippen molar-refractivity contribution in [2.45, 2.75) is 0 Å². The minimum atomic E-state index is 0.837. The van der Waals surface area contributed by atoms with Gasteiger partial charge in [-0.2, -0.15) is 0 Å². The smallest absolute Gasteiger partial charge is 0.159 e. The summed E-state index contributed by atoms with van der Waals surface area (Å²) < 4.78 is 15.7. The highest BCUT2D eigenvalue weighted by Crippen LogP contribution is 2.48. The van der Waals surface area contributed by atoms with Crippen LogP contribution in [0.4, 0.5) is 17.1 Å². The van der Waals surface area contributed by atoms with Crippen LogP contribution in [0.3, 0.4) is 0 Å². The van der Waals surface area contributed by atoms with E-state index < -0.39 is 0 Å². The van der Waals surface area contributed by atoms with Crippen molar-refractivity contribution in [2.75, 3.05) is 4.90 Å². The molecule has 0 saturated carbocycles. The van der Waals surface area contributed by atoms with Crippen LogP contribution in [0.1, 0.15) is 0 Å². The lowest BCUT2D eigenvalue weighted by Crippen LogP contribution is -2.11. The van der Waals surface area contributed by atoms with Crippen LogP contribution in [0, 0.1) is 0 Å². The molecule has 0 aliphatic heterocycles. The summed E-state index contributed by atoms with van der Waals surface area (Å²) >= 11 is 0. The van der Waals surface area contributed by atoms with Gasteiger partial charge in [-0.05, 0) is 54.6 Å². The van der Waals surface area contributed by atoms with Gasteiger partial charge < -0.3 is 18.3 Å². The van der Waals surface area contributed by atoms with Crippen LogP contribution >= 0.6 is 0 Å². The first-order valence-corrected chi connectivity index (χ1v) is 17.6. The fourth-order valence-electron chi connectivity index (χ4n) is 8.13. The van der Waals surface area contributed by atoms with Gasteiger partial charge >= 0.3 is 0 Å². The van der Waals surface area contributed by atoms with Gasteiger partial charge in [0.05, 0.1) is 22.4 Å². The molecular weight excluding hydrogens is 637 g/mol. The molecule has 0 amide bonds. The highest BCUT2D eigenvalue weighted by atomic mass is 16.3. The van der Waals surface area contributed by atoms with E-state index in [4.69, 9.17) is 8.83 Å². The van der Waals surface area contributed by atoms with Crippen molar-refractivity contribution in [3.63, 3.8) is 0 Å². The second-order valence-corrected chi connectivity index (χ2v) is 13.3. The number of furan rings is 2. The number of aromatic nitrogens is 1. The largest absolute Gasteiger partial charge is 0.455 e. The van der Waals surface area contributed by atoms with E-state index >= 15 is 0 Å². The molecule has 0 saturated heterocycles. The Morgan fingerprint density at radius 3 is 1.73 bits per heavy atom. The molecule has 0 N–H and O–H groups in total. The van der Waals surface area contributed by atoms with Crippen LogP contribution < -0.4 is 4.90 Å². The third-order valence-corrected chi connectivity index (χ3v) is 10.4. The number of benzene rings is 8. The van der Waals surface area contributed by atoms with Gasteiger partial charge in [0, 0.05) is 54.8 Å². The highest BCUT2D eigenvalue weighted by Gasteiger charge is 2.24. The van der Waals surface area contributed by atoms with Gasteiger partial charge in [0.1, 0.15) is 16.7 Å². The van der Waals surface area contributed by atoms with Crippen LogP contribution in [0.5, 0.6) is 0 Å². The molecule has 3 aromatic heterocycles. The first kappa shape index (κ1) is 28.8. The van der Waals surface area contributed by atoms with Crippen molar-refractivity contribution in [3.8, 4) is 16.8 Å². The molecule has 0 fully saturated rings. The minimum absolute atomic E-state index is 0.837. The average Bonchev–Trinajstić information content (AvgIpc) is 3.88. The number of hydrogen-bond donors (Lipinski definition) is 0. The number of anilines is 3. The van der Waals surface area contributed by atoms with Crippen LogP contribution in [-0.4, -0.2) is 4.57 Å². The average molecular weight is 667 g/mol. The lowest BCUT2D eigenvalue weighted by molar-refractivity contribution is 0.669. The summed E-state index contributed by atoms with van der Waals surface area (Å²) in [6, 6.07) is 64.2. The zero-order valence-electron chi connectivity index (χ0n) is 28.0. The first-order valence-electron chi connectivity index (χ1n) is 17.6. The van der Waals surface area contributed by atoms with E-state index in [0.717, 1.165) is 83.3 Å². The Balaban J connectivity index is 1.23. The lowest BCUT2D eigenvalue weighted by atomic mass is 9.99. The summed E-state index contributed by atoms with van der Waals surface area (Å²) in [5.74, 6) is 0. The molecule has 0 spiro atoms. The van der Waals surface area contributed by atoms with Gasteiger partial charge in [-0.15, -0.1) is 0 Å². The number of para-hydroxylation sites is 7. The molecule has 0 aliphatic rings. The van der Waals surface area contributed by atoms with Crippen molar-refractivity contribution < 1.29 is 8.83 Å². The van der Waals surface area contributed by atoms with Crippen LogP contribution in [0.15, 0.2) is 191 Å². The summed E-state index contributed by atoms with van der Waals surface area (Å²) in [6.07, 6.45) is 0. The highest BCUT2D eigenvalue weighted by molar-refractivity contribution is 6.14. The number of rotatable bonds is 5. The Morgan fingerprint density at radius 1 is 0.365 bits per heavy atom. The van der Waals surface area contributed by atoms with E-state index in [0.29, 0.717) is 0 Å². The van der Waals surface area contributed by atoms with Gasteiger partial charge in [-0.1, -0.05) is 127 Å². The third-order valence-electron chi connectivity index (χ3n) is 10.4. The van der Waals surface area contributed by atoms with Crippen molar-refractivity contribution in [1.82, 2.24) is 4.57 Å². The molecule has 3 heterocycles. The monoisotopic (exact) mass is 666 g/mol. The molecule has 8 aromatic carbocycles. The molecular formula is C48H30N2O2. The number of hydrogen-bond acceptors (Lipinski definition) is 3. The fourth-order valence-corrected chi connectivity index (χ4v) is 8.13. The third kappa shape index (κ3) is 4.21. The predicted octanol–water partition coefficient (Wildman–Crippen LogP) is 13.7. The molecule has 0 unspecified atom stereocenters. The summed E-state index contributed by atoms with van der Waals surface area (Å²) in [5, 5.41) is 6.80. The van der Waals surface area contributed by atoms with Gasteiger partial charge in [0.2, 0.25) is 0 Å². The maximum Gasteiger partial charge on any atom is 0.159 e. The van der Waals surface area contributed by atoms with Crippen LogP contribution in [0.25, 0.3) is 82.5 Å². The Labute approximate surface area is 299 Å². The standard InChI is InChI=1S/C48H30N2O2/c1-2-14-31(15-3-1)49-41-23-8-4-16-33(41)35-29-28-32(30-44(35)49)50(43-25-13-22-40-37-19-7-11-27-46(37)52-48(40)43)42-24-9-5-17-34(42)38-20-12-21-39-36-18-6-10-26-45(36)51-47(38)39/h1-30H. The first-order chi connectivity index (χ1) is 25.8. The summed E-state index contributed by atoms with van der Waals surface area (Å²) in [5.41, 5.74) is 12.0.